The molecule has 1 aliphatic rings. The molecule has 3 aromatic rings. The van der Waals surface area contributed by atoms with Gasteiger partial charge in [0.2, 0.25) is 5.91 Å². The number of nitrogens with zero attached hydrogens (tertiary/aromatic N) is 3. The predicted octanol–water partition coefficient (Wildman–Crippen LogP) is 3.99. The molecule has 4 rings (SSSR count). The van der Waals surface area contributed by atoms with E-state index in [9.17, 15) is 22.4 Å². The molecule has 10 heteroatoms. The van der Waals surface area contributed by atoms with Crippen molar-refractivity contribution in [2.75, 3.05) is 12.3 Å². The van der Waals surface area contributed by atoms with Gasteiger partial charge in [0.25, 0.3) is 0 Å². The largest absolute Gasteiger partial charge is 0.417 e. The second-order valence-electron chi connectivity index (χ2n) is 7.33. The molecule has 0 bridgehead atoms. The van der Waals surface area contributed by atoms with E-state index in [-0.39, 0.29) is 34.9 Å². The Kier molecular flexibility index (Phi) is 5.08. The minimum atomic E-state index is -4.65. The number of anilines is 1. The molecule has 1 amide bonds. The maximum absolute atomic E-state index is 13.7. The Bertz CT molecular complexity index is 1080. The summed E-state index contributed by atoms with van der Waals surface area (Å²) in [6.45, 7) is 0.411. The molecular weight excluding hydrogens is 402 g/mol. The van der Waals surface area contributed by atoms with Crippen molar-refractivity contribution in [1.29, 1.82) is 0 Å². The zero-order valence-electron chi connectivity index (χ0n) is 15.8. The highest BCUT2D eigenvalue weighted by Crippen LogP contribution is 2.39. The molecule has 2 aromatic heterocycles. The summed E-state index contributed by atoms with van der Waals surface area (Å²) in [5.74, 6) is -0.856. The van der Waals surface area contributed by atoms with Gasteiger partial charge < -0.3 is 10.6 Å². The fourth-order valence-electron chi connectivity index (χ4n) is 3.88. The first-order valence-corrected chi connectivity index (χ1v) is 9.49. The number of fused-ring (bicyclic) bond motifs is 1. The van der Waals surface area contributed by atoms with Crippen LogP contribution in [0.1, 0.15) is 42.1 Å². The monoisotopic (exact) mass is 421 g/mol. The first kappa shape index (κ1) is 20.1. The van der Waals surface area contributed by atoms with Gasteiger partial charge in [0.05, 0.1) is 29.1 Å². The molecular formula is C20H19F4N5O. The summed E-state index contributed by atoms with van der Waals surface area (Å²) >= 11 is 0. The Morgan fingerprint density at radius 3 is 2.67 bits per heavy atom. The highest BCUT2D eigenvalue weighted by atomic mass is 19.4. The number of aromatic amines is 1. The third-order valence-corrected chi connectivity index (χ3v) is 5.31. The second kappa shape index (κ2) is 7.58. The smallest absolute Gasteiger partial charge is 0.383 e. The first-order chi connectivity index (χ1) is 14.2. The van der Waals surface area contributed by atoms with Gasteiger partial charge in [0.1, 0.15) is 11.6 Å². The Morgan fingerprint density at radius 1 is 1.23 bits per heavy atom. The summed E-state index contributed by atoms with van der Waals surface area (Å²) in [5.41, 5.74) is 5.33. The number of likely N-dealkylation sites (tertiary alicyclic amines) is 1. The van der Waals surface area contributed by atoms with E-state index >= 15 is 0 Å². The van der Waals surface area contributed by atoms with E-state index < -0.39 is 23.6 Å². The van der Waals surface area contributed by atoms with Gasteiger partial charge in [-0.05, 0) is 43.0 Å². The number of pyridine rings is 1. The molecule has 3 heterocycles. The number of piperidine rings is 1. The van der Waals surface area contributed by atoms with Gasteiger partial charge in [-0.25, -0.2) is 9.37 Å². The van der Waals surface area contributed by atoms with Crippen molar-refractivity contribution in [3.05, 3.63) is 53.0 Å². The van der Waals surface area contributed by atoms with E-state index in [0.29, 0.717) is 18.5 Å². The molecule has 1 atom stereocenters. The van der Waals surface area contributed by atoms with Crippen molar-refractivity contribution in [2.45, 2.75) is 37.9 Å². The fraction of sp³-hybridized carbons (Fsp3) is 0.350. The molecule has 0 unspecified atom stereocenters. The van der Waals surface area contributed by atoms with Crippen LogP contribution in [0.25, 0.3) is 11.0 Å². The molecule has 1 saturated heterocycles. The molecule has 30 heavy (non-hydrogen) atoms. The van der Waals surface area contributed by atoms with E-state index in [1.807, 2.05) is 0 Å². The van der Waals surface area contributed by atoms with Crippen molar-refractivity contribution in [1.82, 2.24) is 20.1 Å². The SMILES string of the molecule is Nc1[nH]nc2nc([C@@H]3CCCCN3C(=O)Cc3ccc(F)cc3)cc(C(F)(F)F)c12. The van der Waals surface area contributed by atoms with E-state index in [4.69, 9.17) is 5.73 Å². The number of halogens is 4. The number of nitrogens with one attached hydrogen (secondary N) is 1. The Morgan fingerprint density at radius 2 is 1.97 bits per heavy atom. The average molecular weight is 421 g/mol. The van der Waals surface area contributed by atoms with Gasteiger partial charge in [0.15, 0.2) is 5.65 Å². The molecule has 0 aliphatic carbocycles. The zero-order valence-corrected chi connectivity index (χ0v) is 15.8. The molecule has 6 nitrogen and oxygen atoms in total. The lowest BCUT2D eigenvalue weighted by Crippen LogP contribution is -2.39. The molecule has 0 saturated carbocycles. The minimum Gasteiger partial charge on any atom is -0.383 e. The van der Waals surface area contributed by atoms with Gasteiger partial charge >= 0.3 is 6.18 Å². The summed E-state index contributed by atoms with van der Waals surface area (Å²) in [7, 11) is 0. The normalized spacial score (nSPS) is 17.5. The number of aromatic nitrogens is 3. The minimum absolute atomic E-state index is 0.0283. The summed E-state index contributed by atoms with van der Waals surface area (Å²) in [6.07, 6.45) is -2.62. The number of alkyl halides is 3. The molecule has 0 radical (unpaired) electrons. The number of hydrogen-bond donors (Lipinski definition) is 2. The maximum Gasteiger partial charge on any atom is 0.417 e. The third kappa shape index (κ3) is 3.81. The van der Waals surface area contributed by atoms with Crippen LogP contribution >= 0.6 is 0 Å². The zero-order chi connectivity index (χ0) is 21.5. The molecule has 1 fully saturated rings. The van der Waals surface area contributed by atoms with Crippen LogP contribution in [0.5, 0.6) is 0 Å². The van der Waals surface area contributed by atoms with Gasteiger partial charge in [-0.3, -0.25) is 9.89 Å². The molecule has 0 spiro atoms. The number of rotatable bonds is 3. The molecule has 3 N–H and O–H groups in total. The van der Waals surface area contributed by atoms with Crippen LogP contribution in [0.3, 0.4) is 0 Å². The highest BCUT2D eigenvalue weighted by Gasteiger charge is 2.37. The van der Waals surface area contributed by atoms with E-state index in [2.05, 4.69) is 15.2 Å². The van der Waals surface area contributed by atoms with Crippen molar-refractivity contribution < 1.29 is 22.4 Å². The van der Waals surface area contributed by atoms with Crippen molar-refractivity contribution in [3.8, 4) is 0 Å². The van der Waals surface area contributed by atoms with Crippen LogP contribution in [0.2, 0.25) is 0 Å². The van der Waals surface area contributed by atoms with Crippen molar-refractivity contribution in [2.24, 2.45) is 0 Å². The lowest BCUT2D eigenvalue weighted by Gasteiger charge is -2.35. The van der Waals surface area contributed by atoms with E-state index in [0.717, 1.165) is 18.9 Å². The predicted molar refractivity (Wildman–Crippen MR) is 102 cm³/mol. The number of nitrogens with two attached hydrogens (primary N) is 1. The molecule has 158 valence electrons. The highest BCUT2D eigenvalue weighted by molar-refractivity contribution is 5.90. The summed E-state index contributed by atoms with van der Waals surface area (Å²) in [5, 5.41) is 5.87. The van der Waals surface area contributed by atoms with Gasteiger partial charge in [-0.2, -0.15) is 18.3 Å². The standard InChI is InChI=1S/C20H19F4N5O/c21-12-6-4-11(5-7-12)9-16(30)29-8-2-1-3-15(29)14-10-13(20(22,23)24)17-18(25)27-28-19(17)26-14/h4-7,10,15H,1-3,8-9H2,(H3,25,26,27,28)/t15-/m0/s1. The van der Waals surface area contributed by atoms with Crippen LogP contribution in [0.15, 0.2) is 30.3 Å². The average Bonchev–Trinajstić information content (AvgIpc) is 3.09. The summed E-state index contributed by atoms with van der Waals surface area (Å²) in [6, 6.07) is 5.93. The van der Waals surface area contributed by atoms with Crippen LogP contribution in [0, 0.1) is 5.82 Å². The molecule has 1 aliphatic heterocycles. The Labute approximate surface area is 169 Å². The van der Waals surface area contributed by atoms with Crippen LogP contribution < -0.4 is 5.73 Å². The number of carbonyl (C=O) groups excluding carboxylic acids is 1. The van der Waals surface area contributed by atoms with Gasteiger partial charge in [-0.1, -0.05) is 12.1 Å². The summed E-state index contributed by atoms with van der Waals surface area (Å²) in [4.78, 5) is 18.8. The van der Waals surface area contributed by atoms with Crippen LogP contribution in [0.4, 0.5) is 23.4 Å². The topological polar surface area (TPSA) is 87.9 Å². The number of benzene rings is 1. The second-order valence-corrected chi connectivity index (χ2v) is 7.33. The third-order valence-electron chi connectivity index (χ3n) is 5.31. The van der Waals surface area contributed by atoms with E-state index in [1.165, 1.54) is 24.3 Å². The van der Waals surface area contributed by atoms with Crippen LogP contribution in [-0.4, -0.2) is 32.5 Å². The van der Waals surface area contributed by atoms with Crippen molar-refractivity contribution in [3.63, 3.8) is 0 Å². The lowest BCUT2D eigenvalue weighted by molar-refractivity contribution is -0.136. The molecule has 1 aromatic carbocycles. The number of H-pyrrole nitrogens is 1. The van der Waals surface area contributed by atoms with Crippen LogP contribution in [-0.2, 0) is 17.4 Å². The van der Waals surface area contributed by atoms with Gasteiger partial charge in [0, 0.05) is 6.54 Å². The Hall–Kier alpha value is -3.17. The van der Waals surface area contributed by atoms with Crippen molar-refractivity contribution >= 4 is 22.8 Å². The fourth-order valence-corrected chi connectivity index (χ4v) is 3.88. The maximum atomic E-state index is 13.7. The quantitative estimate of drug-likeness (QED) is 0.626. The Balaban J connectivity index is 1.69. The number of amides is 1. The number of hydrogen-bond acceptors (Lipinski definition) is 4. The summed E-state index contributed by atoms with van der Waals surface area (Å²) < 4.78 is 54.1. The first-order valence-electron chi connectivity index (χ1n) is 9.49. The van der Waals surface area contributed by atoms with Gasteiger partial charge in [-0.15, -0.1) is 0 Å². The van der Waals surface area contributed by atoms with E-state index in [1.54, 1.807) is 4.90 Å². The number of carbonyl (C=O) groups is 1. The lowest BCUT2D eigenvalue weighted by atomic mass is 9.96. The number of nitrogen functional groups attached to an aromatic ring is 1.